The Balaban J connectivity index is 2.04. The van der Waals surface area contributed by atoms with E-state index in [1.54, 1.807) is 23.4 Å². The molecule has 0 aliphatic carbocycles. The molecule has 6 nitrogen and oxygen atoms in total. The molecule has 7 heteroatoms. The van der Waals surface area contributed by atoms with Crippen LogP contribution in [0.1, 0.15) is 21.1 Å². The van der Waals surface area contributed by atoms with E-state index < -0.39 is 0 Å². The third-order valence-electron chi connectivity index (χ3n) is 2.36. The van der Waals surface area contributed by atoms with Crippen molar-refractivity contribution in [2.24, 2.45) is 5.73 Å². The maximum atomic E-state index is 12.2. The van der Waals surface area contributed by atoms with Crippen LogP contribution >= 0.6 is 11.3 Å². The third-order valence-corrected chi connectivity index (χ3v) is 3.20. The molecule has 98 valence electrons. The minimum Gasteiger partial charge on any atom is -0.334 e. The number of carbonyl (C=O) groups excluding carboxylic acids is 1. The molecular formula is C12H13N5OS. The highest BCUT2D eigenvalue weighted by Gasteiger charge is 2.14. The Morgan fingerprint density at radius 2 is 2.47 bits per heavy atom. The van der Waals surface area contributed by atoms with Crippen molar-refractivity contribution in [1.82, 2.24) is 20.1 Å². The van der Waals surface area contributed by atoms with Gasteiger partial charge in [-0.25, -0.2) is 4.98 Å². The van der Waals surface area contributed by atoms with Crippen molar-refractivity contribution >= 4 is 17.2 Å². The number of carbonyl (C=O) groups is 1. The van der Waals surface area contributed by atoms with Gasteiger partial charge in [0.2, 0.25) is 0 Å². The zero-order valence-corrected chi connectivity index (χ0v) is 11.2. The second kappa shape index (κ2) is 6.13. The Hall–Kier alpha value is -2.17. The monoisotopic (exact) mass is 275 g/mol. The minimum absolute atomic E-state index is 0.0755. The van der Waals surface area contributed by atoms with E-state index in [0.29, 0.717) is 24.5 Å². The number of thiophene rings is 1. The summed E-state index contributed by atoms with van der Waals surface area (Å²) in [6, 6.07) is 1.77. The average Bonchev–Trinajstić information content (AvgIpc) is 3.06. The fourth-order valence-electron chi connectivity index (χ4n) is 1.48. The number of hydrogen-bond acceptors (Lipinski definition) is 5. The van der Waals surface area contributed by atoms with Crippen molar-refractivity contribution in [2.45, 2.75) is 6.54 Å². The Morgan fingerprint density at radius 1 is 1.63 bits per heavy atom. The fourth-order valence-corrected chi connectivity index (χ4v) is 2.22. The molecule has 0 atom stereocenters. The van der Waals surface area contributed by atoms with E-state index in [0.717, 1.165) is 4.88 Å². The largest absolute Gasteiger partial charge is 0.334 e. The van der Waals surface area contributed by atoms with E-state index in [1.165, 1.54) is 17.7 Å². The molecule has 1 amide bonds. The Kier molecular flexibility index (Phi) is 4.28. The summed E-state index contributed by atoms with van der Waals surface area (Å²) in [5.41, 5.74) is 5.93. The second-order valence-electron chi connectivity index (χ2n) is 3.80. The van der Waals surface area contributed by atoms with E-state index in [2.05, 4.69) is 27.0 Å². The van der Waals surface area contributed by atoms with Gasteiger partial charge in [0.15, 0.2) is 0 Å². The Labute approximate surface area is 114 Å². The van der Waals surface area contributed by atoms with Crippen molar-refractivity contribution in [3.05, 3.63) is 34.0 Å². The summed E-state index contributed by atoms with van der Waals surface area (Å²) >= 11 is 1.43. The predicted molar refractivity (Wildman–Crippen MR) is 72.4 cm³/mol. The number of nitrogens with one attached hydrogen (secondary N) is 1. The molecule has 0 fully saturated rings. The van der Waals surface area contributed by atoms with E-state index in [-0.39, 0.29) is 5.91 Å². The number of nitrogens with zero attached hydrogens (tertiary/aromatic N) is 3. The summed E-state index contributed by atoms with van der Waals surface area (Å²) in [6.45, 7) is 0.699. The summed E-state index contributed by atoms with van der Waals surface area (Å²) < 4.78 is 0. The number of rotatable bonds is 3. The van der Waals surface area contributed by atoms with Crippen LogP contribution in [0.25, 0.3) is 0 Å². The van der Waals surface area contributed by atoms with Crippen LogP contribution in [-0.4, -0.2) is 39.6 Å². The second-order valence-corrected chi connectivity index (χ2v) is 4.71. The molecule has 0 aromatic carbocycles. The summed E-state index contributed by atoms with van der Waals surface area (Å²) in [5, 5.41) is 8.25. The summed E-state index contributed by atoms with van der Waals surface area (Å²) in [4.78, 5) is 18.5. The molecule has 2 heterocycles. The van der Waals surface area contributed by atoms with Crippen LogP contribution in [0.5, 0.6) is 0 Å². The molecule has 0 spiro atoms. The molecule has 0 saturated carbocycles. The van der Waals surface area contributed by atoms with Crippen molar-refractivity contribution in [1.29, 1.82) is 0 Å². The van der Waals surface area contributed by atoms with Crippen LogP contribution in [0.4, 0.5) is 0 Å². The van der Waals surface area contributed by atoms with Gasteiger partial charge in [0.05, 0.1) is 23.5 Å². The third kappa shape index (κ3) is 3.40. The van der Waals surface area contributed by atoms with Gasteiger partial charge in [-0.3, -0.25) is 9.89 Å². The fraction of sp³-hybridized carbons (Fsp3) is 0.250. The average molecular weight is 275 g/mol. The van der Waals surface area contributed by atoms with E-state index in [9.17, 15) is 4.79 Å². The minimum atomic E-state index is -0.0755. The predicted octanol–water partition coefficient (Wildman–Crippen LogP) is 0.449. The van der Waals surface area contributed by atoms with Crippen molar-refractivity contribution in [3.63, 3.8) is 0 Å². The lowest BCUT2D eigenvalue weighted by Crippen LogP contribution is -2.26. The van der Waals surface area contributed by atoms with Gasteiger partial charge in [-0.2, -0.15) is 5.10 Å². The topological polar surface area (TPSA) is 87.9 Å². The standard InChI is InChI=1S/C12H13N5OS/c1-17(6-11-14-8-15-16-11)12(18)9-5-10(19-7-9)3-2-4-13/h5,7-8H,4,6,13H2,1H3,(H,14,15,16). The number of H-pyrrole nitrogens is 1. The summed E-state index contributed by atoms with van der Waals surface area (Å²) in [5.74, 6) is 6.24. The number of nitrogens with two attached hydrogens (primary N) is 1. The number of aromatic amines is 1. The van der Waals surface area contributed by atoms with Crippen molar-refractivity contribution < 1.29 is 4.79 Å². The van der Waals surface area contributed by atoms with Gasteiger partial charge in [0.25, 0.3) is 5.91 Å². The van der Waals surface area contributed by atoms with Gasteiger partial charge in [-0.05, 0) is 6.07 Å². The molecule has 0 aliphatic rings. The van der Waals surface area contributed by atoms with Gasteiger partial charge in [-0.1, -0.05) is 11.8 Å². The van der Waals surface area contributed by atoms with Gasteiger partial charge in [-0.15, -0.1) is 11.3 Å². The molecule has 19 heavy (non-hydrogen) atoms. The van der Waals surface area contributed by atoms with E-state index in [1.807, 2.05) is 0 Å². The molecule has 0 aliphatic heterocycles. The van der Waals surface area contributed by atoms with Gasteiger partial charge >= 0.3 is 0 Å². The van der Waals surface area contributed by atoms with E-state index >= 15 is 0 Å². The molecule has 2 aromatic heterocycles. The smallest absolute Gasteiger partial charge is 0.254 e. The molecule has 2 aromatic rings. The first kappa shape index (κ1) is 13.3. The van der Waals surface area contributed by atoms with E-state index in [4.69, 9.17) is 5.73 Å². The molecule has 0 unspecified atom stereocenters. The maximum absolute atomic E-state index is 12.2. The van der Waals surface area contributed by atoms with Crippen molar-refractivity contribution in [3.8, 4) is 11.8 Å². The molecule has 3 N–H and O–H groups in total. The maximum Gasteiger partial charge on any atom is 0.254 e. The van der Waals surface area contributed by atoms with Crippen LogP contribution < -0.4 is 5.73 Å². The molecule has 0 saturated heterocycles. The molecule has 0 radical (unpaired) electrons. The number of hydrogen-bond donors (Lipinski definition) is 2. The number of amides is 1. The van der Waals surface area contributed by atoms with Crippen molar-refractivity contribution in [2.75, 3.05) is 13.6 Å². The molecule has 0 bridgehead atoms. The van der Waals surface area contributed by atoms with Crippen LogP contribution in [0.2, 0.25) is 0 Å². The van der Waals surface area contributed by atoms with Crippen LogP contribution in [0.3, 0.4) is 0 Å². The first-order chi connectivity index (χ1) is 9.20. The lowest BCUT2D eigenvalue weighted by atomic mass is 10.2. The quantitative estimate of drug-likeness (QED) is 0.796. The Morgan fingerprint density at radius 3 is 3.16 bits per heavy atom. The highest BCUT2D eigenvalue weighted by atomic mass is 32.1. The molecule has 2 rings (SSSR count). The molecular weight excluding hydrogens is 262 g/mol. The lowest BCUT2D eigenvalue weighted by Gasteiger charge is -2.14. The van der Waals surface area contributed by atoms with Crippen LogP contribution in [0.15, 0.2) is 17.8 Å². The first-order valence-corrected chi connectivity index (χ1v) is 6.46. The zero-order valence-electron chi connectivity index (χ0n) is 10.4. The SMILES string of the molecule is CN(Cc1ncn[nH]1)C(=O)c1csc(C#CCN)c1. The lowest BCUT2D eigenvalue weighted by molar-refractivity contribution is 0.0782. The highest BCUT2D eigenvalue weighted by Crippen LogP contribution is 2.15. The highest BCUT2D eigenvalue weighted by molar-refractivity contribution is 7.10. The summed E-state index contributed by atoms with van der Waals surface area (Å²) in [7, 11) is 1.72. The van der Waals surface area contributed by atoms with Crippen LogP contribution in [0, 0.1) is 11.8 Å². The van der Waals surface area contributed by atoms with Gasteiger partial charge in [0.1, 0.15) is 12.2 Å². The van der Waals surface area contributed by atoms with Crippen LogP contribution in [-0.2, 0) is 6.54 Å². The summed E-state index contributed by atoms with van der Waals surface area (Å²) in [6.07, 6.45) is 1.42. The number of aromatic nitrogens is 3. The zero-order chi connectivity index (χ0) is 13.7. The van der Waals surface area contributed by atoms with Gasteiger partial charge < -0.3 is 10.6 Å². The normalized spacial score (nSPS) is 9.79. The first-order valence-electron chi connectivity index (χ1n) is 5.58. The van der Waals surface area contributed by atoms with Gasteiger partial charge in [0, 0.05) is 12.4 Å². The Bertz CT molecular complexity index is 608.